The highest BCUT2D eigenvalue weighted by molar-refractivity contribution is 7.89. The van der Waals surface area contributed by atoms with E-state index in [-0.39, 0.29) is 27.1 Å². The molecule has 0 radical (unpaired) electrons. The summed E-state index contributed by atoms with van der Waals surface area (Å²) in [4.78, 5) is 24.5. The molecule has 172 valence electrons. The molecule has 3 aromatic rings. The second-order valence-electron chi connectivity index (χ2n) is 7.48. The van der Waals surface area contributed by atoms with Crippen LogP contribution in [-0.4, -0.2) is 54.5 Å². The van der Waals surface area contributed by atoms with Crippen molar-refractivity contribution in [1.29, 1.82) is 0 Å². The average Bonchev–Trinajstić information content (AvgIpc) is 3.52. The fourth-order valence-electron chi connectivity index (χ4n) is 3.53. The Bertz CT molecular complexity index is 1300. The molecule has 0 saturated carbocycles. The van der Waals surface area contributed by atoms with Crippen LogP contribution in [0.25, 0.3) is 5.69 Å². The number of rotatable bonds is 6. The molecule has 0 atom stereocenters. The molecule has 0 unspecified atom stereocenters. The molecule has 1 saturated heterocycles. The first-order valence-electron chi connectivity index (χ1n) is 10.3. The Labute approximate surface area is 196 Å². The van der Waals surface area contributed by atoms with E-state index < -0.39 is 15.9 Å². The van der Waals surface area contributed by atoms with Gasteiger partial charge in [0.25, 0.3) is 11.8 Å². The van der Waals surface area contributed by atoms with Gasteiger partial charge in [-0.3, -0.25) is 9.59 Å². The van der Waals surface area contributed by atoms with Gasteiger partial charge in [-0.1, -0.05) is 11.6 Å². The van der Waals surface area contributed by atoms with Crippen LogP contribution in [0.4, 0.5) is 5.69 Å². The molecule has 2 N–H and O–H groups in total. The molecule has 0 bridgehead atoms. The van der Waals surface area contributed by atoms with Crippen LogP contribution in [0.2, 0.25) is 5.02 Å². The largest absolute Gasteiger partial charge is 0.354 e. The topological polar surface area (TPSA) is 113 Å². The van der Waals surface area contributed by atoms with Crippen LogP contribution < -0.4 is 10.6 Å². The van der Waals surface area contributed by atoms with Crippen molar-refractivity contribution in [3.05, 3.63) is 71.0 Å². The normalized spacial score (nSPS) is 14.2. The Balaban J connectivity index is 1.51. The zero-order valence-corrected chi connectivity index (χ0v) is 19.4. The number of nitrogens with one attached hydrogen (secondary N) is 2. The molecule has 2 aromatic carbocycles. The number of anilines is 1. The summed E-state index contributed by atoms with van der Waals surface area (Å²) in [6.45, 7) is 0.944. The zero-order chi connectivity index (χ0) is 23.6. The molecular formula is C22H22ClN5O4S. The molecular weight excluding hydrogens is 466 g/mol. The van der Waals surface area contributed by atoms with E-state index in [4.69, 9.17) is 11.6 Å². The minimum absolute atomic E-state index is 0.0416. The van der Waals surface area contributed by atoms with Crippen molar-refractivity contribution < 1.29 is 18.0 Å². The van der Waals surface area contributed by atoms with Gasteiger partial charge in [-0.05, 0) is 61.4 Å². The number of sulfonamides is 1. The number of carbonyl (C=O) groups is 2. The molecule has 0 aliphatic carbocycles. The third-order valence-corrected chi connectivity index (χ3v) is 7.55. The highest BCUT2D eigenvalue weighted by Gasteiger charge is 2.28. The van der Waals surface area contributed by atoms with Crippen LogP contribution in [0.15, 0.2) is 59.6 Å². The fourth-order valence-corrected chi connectivity index (χ4v) is 5.28. The molecule has 1 aromatic heterocycles. The maximum absolute atomic E-state index is 12.8. The molecule has 2 amide bonds. The number of aromatic nitrogens is 2. The zero-order valence-electron chi connectivity index (χ0n) is 17.8. The summed E-state index contributed by atoms with van der Waals surface area (Å²) in [7, 11) is -2.14. The number of hydrogen-bond donors (Lipinski definition) is 2. The molecule has 33 heavy (non-hydrogen) atoms. The van der Waals surface area contributed by atoms with Crippen molar-refractivity contribution in [2.75, 3.05) is 25.5 Å². The Hall–Kier alpha value is -3.21. The van der Waals surface area contributed by atoms with Gasteiger partial charge in [0.2, 0.25) is 10.0 Å². The molecule has 11 heteroatoms. The van der Waals surface area contributed by atoms with E-state index in [2.05, 4.69) is 15.7 Å². The van der Waals surface area contributed by atoms with Gasteiger partial charge in [-0.25, -0.2) is 13.1 Å². The number of carbonyl (C=O) groups excluding carboxylic acids is 2. The summed E-state index contributed by atoms with van der Waals surface area (Å²) >= 11 is 6.20. The van der Waals surface area contributed by atoms with Gasteiger partial charge >= 0.3 is 0 Å². The number of benzene rings is 2. The second-order valence-corrected chi connectivity index (χ2v) is 9.82. The highest BCUT2D eigenvalue weighted by atomic mass is 35.5. The van der Waals surface area contributed by atoms with Gasteiger partial charge in [-0.15, -0.1) is 0 Å². The molecule has 2 heterocycles. The van der Waals surface area contributed by atoms with Crippen LogP contribution in [0.5, 0.6) is 0 Å². The number of nitrogens with zero attached hydrogens (tertiary/aromatic N) is 3. The van der Waals surface area contributed by atoms with E-state index in [0.717, 1.165) is 12.8 Å². The summed E-state index contributed by atoms with van der Waals surface area (Å²) in [5.74, 6) is -0.810. The quantitative estimate of drug-likeness (QED) is 0.555. The Morgan fingerprint density at radius 1 is 1.00 bits per heavy atom. The van der Waals surface area contributed by atoms with Gasteiger partial charge in [0, 0.05) is 32.0 Å². The highest BCUT2D eigenvalue weighted by Crippen LogP contribution is 2.26. The summed E-state index contributed by atoms with van der Waals surface area (Å²) in [5, 5.41) is 9.61. The minimum atomic E-state index is -3.67. The minimum Gasteiger partial charge on any atom is -0.354 e. The van der Waals surface area contributed by atoms with Crippen molar-refractivity contribution in [3.8, 4) is 5.69 Å². The van der Waals surface area contributed by atoms with Crippen LogP contribution in [0.3, 0.4) is 0 Å². The average molecular weight is 488 g/mol. The number of amides is 2. The van der Waals surface area contributed by atoms with Crippen LogP contribution in [-0.2, 0) is 10.0 Å². The lowest BCUT2D eigenvalue weighted by Crippen LogP contribution is -2.28. The van der Waals surface area contributed by atoms with Gasteiger partial charge in [0.15, 0.2) is 5.69 Å². The molecule has 1 fully saturated rings. The summed E-state index contributed by atoms with van der Waals surface area (Å²) in [6, 6.07) is 12.5. The van der Waals surface area contributed by atoms with Gasteiger partial charge in [0.05, 0.1) is 21.2 Å². The molecule has 0 spiro atoms. The Morgan fingerprint density at radius 2 is 1.70 bits per heavy atom. The van der Waals surface area contributed by atoms with Crippen molar-refractivity contribution in [1.82, 2.24) is 19.4 Å². The molecule has 1 aliphatic heterocycles. The summed E-state index contributed by atoms with van der Waals surface area (Å²) < 4.78 is 28.6. The predicted molar refractivity (Wildman–Crippen MR) is 124 cm³/mol. The van der Waals surface area contributed by atoms with E-state index in [1.54, 1.807) is 41.2 Å². The van der Waals surface area contributed by atoms with E-state index in [1.165, 1.54) is 29.6 Å². The van der Waals surface area contributed by atoms with Gasteiger partial charge in [-0.2, -0.15) is 9.40 Å². The van der Waals surface area contributed by atoms with E-state index in [0.29, 0.717) is 24.5 Å². The number of hydrogen-bond acceptors (Lipinski definition) is 5. The molecule has 1 aliphatic rings. The lowest BCUT2D eigenvalue weighted by Gasteiger charge is -2.16. The maximum atomic E-state index is 12.8. The van der Waals surface area contributed by atoms with Gasteiger partial charge < -0.3 is 10.6 Å². The van der Waals surface area contributed by atoms with E-state index >= 15 is 0 Å². The van der Waals surface area contributed by atoms with E-state index in [1.807, 2.05) is 0 Å². The first-order valence-corrected chi connectivity index (χ1v) is 12.1. The monoisotopic (exact) mass is 487 g/mol. The third kappa shape index (κ3) is 4.77. The smallest absolute Gasteiger partial charge is 0.271 e. The number of halogens is 1. The van der Waals surface area contributed by atoms with Crippen molar-refractivity contribution in [2.24, 2.45) is 0 Å². The molecule has 4 rings (SSSR count). The first kappa shape index (κ1) is 23.0. The Morgan fingerprint density at radius 3 is 2.36 bits per heavy atom. The fraction of sp³-hybridized carbons (Fsp3) is 0.227. The maximum Gasteiger partial charge on any atom is 0.271 e. The van der Waals surface area contributed by atoms with Crippen LogP contribution in [0.1, 0.15) is 33.7 Å². The Kier molecular flexibility index (Phi) is 6.50. The standard InChI is InChI=1S/C22H22ClN5O4S/c1-24-22(30)20-10-13-28(26-20)16-6-4-15(5-7-16)25-21(29)18-14-17(8-9-19(18)23)33(31,32)27-11-2-3-12-27/h4-10,13-14H,2-3,11-12H2,1H3,(H,24,30)(H,25,29). The predicted octanol–water partition coefficient (Wildman–Crippen LogP) is 2.92. The van der Waals surface area contributed by atoms with Crippen LogP contribution in [0, 0.1) is 0 Å². The second kappa shape index (κ2) is 9.34. The van der Waals surface area contributed by atoms with Crippen molar-refractivity contribution in [3.63, 3.8) is 0 Å². The SMILES string of the molecule is CNC(=O)c1ccn(-c2ccc(NC(=O)c3cc(S(=O)(=O)N4CCCC4)ccc3Cl)cc2)n1. The summed E-state index contributed by atoms with van der Waals surface area (Å²) in [6.07, 6.45) is 3.30. The molecule has 9 nitrogen and oxygen atoms in total. The first-order chi connectivity index (χ1) is 15.8. The van der Waals surface area contributed by atoms with Crippen molar-refractivity contribution in [2.45, 2.75) is 17.7 Å². The van der Waals surface area contributed by atoms with Crippen LogP contribution >= 0.6 is 11.6 Å². The summed E-state index contributed by atoms with van der Waals surface area (Å²) in [5.41, 5.74) is 1.54. The lowest BCUT2D eigenvalue weighted by molar-refractivity contribution is 0.0956. The van der Waals surface area contributed by atoms with E-state index in [9.17, 15) is 18.0 Å². The van der Waals surface area contributed by atoms with Crippen molar-refractivity contribution >= 4 is 39.1 Å². The van der Waals surface area contributed by atoms with Gasteiger partial charge in [0.1, 0.15) is 0 Å². The third-order valence-electron chi connectivity index (χ3n) is 5.32. The lowest BCUT2D eigenvalue weighted by atomic mass is 10.2.